The van der Waals surface area contributed by atoms with E-state index >= 15 is 0 Å². The van der Waals surface area contributed by atoms with Crippen LogP contribution in [0.3, 0.4) is 0 Å². The molecule has 13 rings (SSSR count). The molecule has 4 nitrogen and oxygen atoms in total. The van der Waals surface area contributed by atoms with Crippen LogP contribution >= 0.6 is 0 Å². The first-order valence-corrected chi connectivity index (χ1v) is 25.3. The van der Waals surface area contributed by atoms with Crippen LogP contribution < -0.4 is 9.80 Å². The van der Waals surface area contributed by atoms with E-state index in [9.17, 15) is 10.5 Å². The molecule has 11 aromatic rings. The molecule has 0 aliphatic heterocycles. The van der Waals surface area contributed by atoms with Crippen molar-refractivity contribution < 1.29 is 0 Å². The fraction of sp³-hybridized carbons (Fsp3) is 0.101. The lowest BCUT2D eigenvalue weighted by Gasteiger charge is -2.34. The predicted octanol–water partition coefficient (Wildman–Crippen LogP) is 18.4. The predicted molar refractivity (Wildman–Crippen MR) is 302 cm³/mol. The van der Waals surface area contributed by atoms with Gasteiger partial charge in [-0.15, -0.1) is 0 Å². The Hall–Kier alpha value is -9.22. The highest BCUT2D eigenvalue weighted by atomic mass is 15.1. The van der Waals surface area contributed by atoms with E-state index in [2.05, 4.69) is 244 Å². The minimum absolute atomic E-state index is 0.384. The van der Waals surface area contributed by atoms with Crippen LogP contribution in [0.25, 0.3) is 54.6 Å². The fourth-order valence-corrected chi connectivity index (χ4v) is 12.3. The van der Waals surface area contributed by atoms with Gasteiger partial charge < -0.3 is 9.80 Å². The van der Waals surface area contributed by atoms with Crippen LogP contribution in [0.15, 0.2) is 218 Å². The Kier molecular flexibility index (Phi) is 10.2. The van der Waals surface area contributed by atoms with Crippen molar-refractivity contribution in [2.45, 2.75) is 44.9 Å². The SMILES string of the molecule is CC(C)c1ccc(N(c2ccc(C#N)cc2)c2ccc3c4c(c5ccccc5c3c2)-c2c(cc(N(c3ccc(C#N)cc3)c3ccc(C(C)C)cc3)c3ccccc23)C42c3ccccc3-c3ccccc32)cc1. The maximum atomic E-state index is 9.96. The van der Waals surface area contributed by atoms with Gasteiger partial charge in [0.15, 0.2) is 0 Å². The average Bonchev–Trinajstić information content (AvgIpc) is 3.92. The van der Waals surface area contributed by atoms with E-state index in [1.807, 2.05) is 24.3 Å². The van der Waals surface area contributed by atoms with Crippen molar-refractivity contribution in [3.63, 3.8) is 0 Å². The maximum absolute atomic E-state index is 9.96. The molecule has 2 aliphatic carbocycles. The van der Waals surface area contributed by atoms with Crippen molar-refractivity contribution in [3.05, 3.63) is 263 Å². The van der Waals surface area contributed by atoms with Crippen molar-refractivity contribution in [2.75, 3.05) is 9.80 Å². The van der Waals surface area contributed by atoms with Gasteiger partial charge in [0.25, 0.3) is 0 Å². The van der Waals surface area contributed by atoms with Crippen LogP contribution in [-0.2, 0) is 5.41 Å². The molecule has 0 fully saturated rings. The van der Waals surface area contributed by atoms with Crippen molar-refractivity contribution in [2.24, 2.45) is 0 Å². The summed E-state index contributed by atoms with van der Waals surface area (Å²) >= 11 is 0. The zero-order valence-electron chi connectivity index (χ0n) is 41.2. The van der Waals surface area contributed by atoms with Crippen LogP contribution in [0.2, 0.25) is 0 Å². The van der Waals surface area contributed by atoms with E-state index in [0.29, 0.717) is 23.0 Å². The molecule has 0 radical (unpaired) electrons. The largest absolute Gasteiger partial charge is 0.310 e. The summed E-state index contributed by atoms with van der Waals surface area (Å²) in [7, 11) is 0. The topological polar surface area (TPSA) is 54.1 Å². The number of hydrogen-bond acceptors (Lipinski definition) is 4. The van der Waals surface area contributed by atoms with Gasteiger partial charge in [-0.25, -0.2) is 0 Å². The molecule has 346 valence electrons. The molecule has 1 spiro atoms. The van der Waals surface area contributed by atoms with E-state index in [4.69, 9.17) is 0 Å². The summed E-state index contributed by atoms with van der Waals surface area (Å²) < 4.78 is 0. The minimum atomic E-state index is -0.711. The molecule has 0 aromatic heterocycles. The van der Waals surface area contributed by atoms with E-state index in [-0.39, 0.29) is 0 Å². The number of rotatable bonds is 8. The monoisotopic (exact) mass is 934 g/mol. The number of anilines is 6. The molecule has 0 saturated carbocycles. The normalized spacial score (nSPS) is 12.7. The Morgan fingerprint density at radius 3 is 1.29 bits per heavy atom. The van der Waals surface area contributed by atoms with Gasteiger partial charge in [0, 0.05) is 33.8 Å². The summed E-state index contributed by atoms with van der Waals surface area (Å²) in [6, 6.07) is 84.3. The first kappa shape index (κ1) is 43.8. The van der Waals surface area contributed by atoms with E-state index in [1.54, 1.807) is 0 Å². The van der Waals surface area contributed by atoms with Gasteiger partial charge in [0.1, 0.15) is 0 Å². The molecule has 0 saturated heterocycles. The molecular weight excluding hydrogens is 885 g/mol. The molecule has 11 aromatic carbocycles. The lowest BCUT2D eigenvalue weighted by Crippen LogP contribution is -2.26. The molecule has 0 N–H and O–H groups in total. The summed E-state index contributed by atoms with van der Waals surface area (Å²) in [6.07, 6.45) is 0. The third-order valence-electron chi connectivity index (χ3n) is 15.7. The number of nitriles is 2. The summed E-state index contributed by atoms with van der Waals surface area (Å²) in [5, 5.41) is 26.9. The van der Waals surface area contributed by atoms with Gasteiger partial charge in [0.05, 0.1) is 34.4 Å². The lowest BCUT2D eigenvalue weighted by atomic mass is 9.69. The minimum Gasteiger partial charge on any atom is -0.310 e. The highest BCUT2D eigenvalue weighted by Crippen LogP contribution is 2.67. The van der Waals surface area contributed by atoms with Crippen LogP contribution in [0.1, 0.15) is 84.0 Å². The molecule has 0 atom stereocenters. The van der Waals surface area contributed by atoms with Crippen LogP contribution in [0, 0.1) is 22.7 Å². The zero-order valence-corrected chi connectivity index (χ0v) is 41.2. The van der Waals surface area contributed by atoms with Gasteiger partial charge in [-0.2, -0.15) is 10.5 Å². The number of nitrogens with zero attached hydrogens (tertiary/aromatic N) is 4. The first-order chi connectivity index (χ1) is 35.8. The van der Waals surface area contributed by atoms with E-state index in [0.717, 1.165) is 39.5 Å². The van der Waals surface area contributed by atoms with Crippen molar-refractivity contribution in [3.8, 4) is 34.4 Å². The lowest BCUT2D eigenvalue weighted by molar-refractivity contribution is 0.802. The molecule has 4 heteroatoms. The first-order valence-electron chi connectivity index (χ1n) is 25.3. The van der Waals surface area contributed by atoms with Gasteiger partial charge in [-0.3, -0.25) is 0 Å². The molecule has 0 bridgehead atoms. The summed E-state index contributed by atoms with van der Waals surface area (Å²) in [6.45, 7) is 8.93. The molecule has 0 amide bonds. The molecule has 0 heterocycles. The van der Waals surface area contributed by atoms with Crippen LogP contribution in [0.4, 0.5) is 34.1 Å². The van der Waals surface area contributed by atoms with Crippen LogP contribution in [-0.4, -0.2) is 0 Å². The average molecular weight is 935 g/mol. The fourth-order valence-electron chi connectivity index (χ4n) is 12.3. The Morgan fingerprint density at radius 2 is 0.781 bits per heavy atom. The second kappa shape index (κ2) is 17.0. The number of fused-ring (bicyclic) bond motifs is 17. The highest BCUT2D eigenvalue weighted by Gasteiger charge is 2.54. The van der Waals surface area contributed by atoms with Gasteiger partial charge >= 0.3 is 0 Å². The molecule has 0 unspecified atom stereocenters. The summed E-state index contributed by atoms with van der Waals surface area (Å²) in [5.41, 5.74) is 19.3. The number of hydrogen-bond donors (Lipinski definition) is 0. The Bertz CT molecular complexity index is 4050. The summed E-state index contributed by atoms with van der Waals surface area (Å²) in [5.74, 6) is 0.785. The molecule has 73 heavy (non-hydrogen) atoms. The van der Waals surface area contributed by atoms with E-state index < -0.39 is 5.41 Å². The van der Waals surface area contributed by atoms with Crippen molar-refractivity contribution in [1.29, 1.82) is 10.5 Å². The summed E-state index contributed by atoms with van der Waals surface area (Å²) in [4.78, 5) is 4.72. The van der Waals surface area contributed by atoms with Gasteiger partial charge in [0.2, 0.25) is 0 Å². The standard InChI is InChI=1S/C69H50N4/c1-43(2)47-25-33-50(34-26-47)72(49-29-21-45(41-70)22-30-49)53-37-38-60-61(39-53)54-13-5-7-17-58(54)67-66-59-18-8-6-16-57(59)65(73(51-31-23-46(42-71)24-32-51)52-35-27-48(28-36-52)44(3)4)40-64(66)69(68(60)67)62-19-11-9-14-55(62)56-15-10-12-20-63(56)69/h5-40,43-44H,1-4H3. The zero-order chi connectivity index (χ0) is 49.5. The maximum Gasteiger partial charge on any atom is 0.0991 e. The highest BCUT2D eigenvalue weighted by molar-refractivity contribution is 6.24. The second-order valence-corrected chi connectivity index (χ2v) is 20.2. The van der Waals surface area contributed by atoms with E-state index in [1.165, 1.54) is 82.6 Å². The molecular formula is C69H50N4. The van der Waals surface area contributed by atoms with Gasteiger partial charge in [-0.05, 0) is 185 Å². The van der Waals surface area contributed by atoms with Crippen molar-refractivity contribution >= 4 is 66.4 Å². The van der Waals surface area contributed by atoms with Gasteiger partial charge in [-0.1, -0.05) is 155 Å². The quantitative estimate of drug-likeness (QED) is 0.142. The Morgan fingerprint density at radius 1 is 0.356 bits per heavy atom. The second-order valence-electron chi connectivity index (χ2n) is 20.2. The van der Waals surface area contributed by atoms with Crippen molar-refractivity contribution in [1.82, 2.24) is 0 Å². The Balaban J connectivity index is 1.15. The smallest absolute Gasteiger partial charge is 0.0991 e. The van der Waals surface area contributed by atoms with Crippen LogP contribution in [0.5, 0.6) is 0 Å². The third kappa shape index (κ3) is 6.58. The third-order valence-corrected chi connectivity index (χ3v) is 15.7. The molecule has 2 aliphatic rings. The Labute approximate surface area is 426 Å². The number of benzene rings is 11.